The predicted octanol–water partition coefficient (Wildman–Crippen LogP) is 2.67. The second kappa shape index (κ2) is 14.3. The van der Waals surface area contributed by atoms with Gasteiger partial charge in [-0.25, -0.2) is 0 Å². The molecule has 5 heteroatoms. The van der Waals surface area contributed by atoms with Crippen molar-refractivity contribution in [3.63, 3.8) is 0 Å². The molecule has 0 bridgehead atoms. The van der Waals surface area contributed by atoms with E-state index < -0.39 is 38.9 Å². The molecule has 0 fully saturated rings. The number of fused-ring (bicyclic) bond motifs is 2. The molecule has 3 aromatic carbocycles. The number of allylic oxidation sites excluding steroid dienone is 8. The van der Waals surface area contributed by atoms with Crippen LogP contribution >= 0.6 is 0 Å². The fourth-order valence-corrected chi connectivity index (χ4v) is 15.9. The SMILES string of the molecule is CCc1cc([Si](C)(C)C)c2c(c1)=[C]([Zr+2]=[C](c1ccccc1)c1ccccc1)C1=C(C3=CC=CC3)C(CC)([Si](C)(C)C)C=CC=21.[Cl-].[Cl-]. The van der Waals surface area contributed by atoms with Crippen molar-refractivity contribution in [1.29, 1.82) is 0 Å². The topological polar surface area (TPSA) is 0 Å². The van der Waals surface area contributed by atoms with E-state index in [1.165, 1.54) is 22.3 Å². The monoisotopic (exact) mass is 755 g/mol. The van der Waals surface area contributed by atoms with Gasteiger partial charge < -0.3 is 24.8 Å². The van der Waals surface area contributed by atoms with E-state index in [-0.39, 0.29) is 29.9 Å². The van der Waals surface area contributed by atoms with Gasteiger partial charge in [0.25, 0.3) is 0 Å². The van der Waals surface area contributed by atoms with E-state index in [2.05, 4.69) is 156 Å². The summed E-state index contributed by atoms with van der Waals surface area (Å²) in [4.78, 5) is 0. The van der Waals surface area contributed by atoms with E-state index in [1.807, 2.05) is 0 Å². The van der Waals surface area contributed by atoms with E-state index >= 15 is 0 Å². The maximum atomic E-state index is 2.69. The van der Waals surface area contributed by atoms with Crippen LogP contribution in [0.4, 0.5) is 0 Å². The van der Waals surface area contributed by atoms with Crippen molar-refractivity contribution < 1.29 is 47.6 Å². The van der Waals surface area contributed by atoms with Gasteiger partial charge in [-0.15, -0.1) is 0 Å². The van der Waals surface area contributed by atoms with Gasteiger partial charge in [0, 0.05) is 0 Å². The summed E-state index contributed by atoms with van der Waals surface area (Å²) in [6, 6.07) is 27.8. The van der Waals surface area contributed by atoms with Crippen molar-refractivity contribution in [2.45, 2.75) is 77.4 Å². The van der Waals surface area contributed by atoms with Crippen LogP contribution in [0.25, 0.3) is 8.85 Å². The van der Waals surface area contributed by atoms with Crippen molar-refractivity contribution in [3.05, 3.63) is 147 Å². The second-order valence-electron chi connectivity index (χ2n) is 14.7. The van der Waals surface area contributed by atoms with Crippen LogP contribution in [0, 0.1) is 0 Å². The molecule has 0 saturated heterocycles. The van der Waals surface area contributed by atoms with E-state index in [1.54, 1.807) is 38.8 Å². The summed E-state index contributed by atoms with van der Waals surface area (Å²) in [6.45, 7) is 20.2. The number of benzene rings is 3. The van der Waals surface area contributed by atoms with Crippen LogP contribution in [0.15, 0.2) is 120 Å². The summed E-state index contributed by atoms with van der Waals surface area (Å²) in [5.74, 6) is 0. The van der Waals surface area contributed by atoms with Crippen LogP contribution in [0.3, 0.4) is 0 Å². The number of rotatable bonds is 8. The van der Waals surface area contributed by atoms with Gasteiger partial charge in [-0.2, -0.15) is 0 Å². The summed E-state index contributed by atoms with van der Waals surface area (Å²) in [7, 11) is -3.33. The first-order valence-electron chi connectivity index (χ1n) is 16.5. The Labute approximate surface area is 303 Å². The maximum absolute atomic E-state index is 2.69. The van der Waals surface area contributed by atoms with Gasteiger partial charge in [0.2, 0.25) is 0 Å². The zero-order valence-electron chi connectivity index (χ0n) is 28.7. The Balaban J connectivity index is 0.00000240. The van der Waals surface area contributed by atoms with Crippen LogP contribution < -0.4 is 40.4 Å². The molecule has 6 rings (SSSR count). The third-order valence-electron chi connectivity index (χ3n) is 10.1. The van der Waals surface area contributed by atoms with Crippen LogP contribution in [-0.2, 0) is 29.2 Å². The molecule has 3 aliphatic rings. The van der Waals surface area contributed by atoms with Gasteiger partial charge in [0.1, 0.15) is 0 Å². The molecular weight excluding hydrogens is 711 g/mol. The first-order chi connectivity index (χ1) is 21.0. The normalized spacial score (nSPS) is 18.4. The minimum atomic E-state index is -1.69. The Bertz CT molecular complexity index is 1860. The summed E-state index contributed by atoms with van der Waals surface area (Å²) < 4.78 is 3.29. The third kappa shape index (κ3) is 6.45. The Morgan fingerprint density at radius 2 is 1.43 bits per heavy atom. The number of hydrogen-bond donors (Lipinski definition) is 0. The molecule has 0 N–H and O–H groups in total. The molecule has 3 aromatic rings. The summed E-state index contributed by atoms with van der Waals surface area (Å²) in [5.41, 5.74) is 10.7. The van der Waals surface area contributed by atoms with E-state index in [0.29, 0.717) is 0 Å². The first-order valence-corrected chi connectivity index (χ1v) is 25.9. The maximum Gasteiger partial charge on any atom is -1.00 e. The number of aryl methyl sites for hydroxylation is 1. The molecule has 1 unspecified atom stereocenters. The zero-order chi connectivity index (χ0) is 31.3. The van der Waals surface area contributed by atoms with Gasteiger partial charge in [-0.05, 0) is 0 Å². The molecular formula is C41H47Cl2Si2Zr. The third-order valence-corrected chi connectivity index (χ3v) is 19.4. The van der Waals surface area contributed by atoms with Crippen LogP contribution in [0.5, 0.6) is 0 Å². The smallest absolute Gasteiger partial charge is 1.00 e. The Morgan fingerprint density at radius 1 is 0.826 bits per heavy atom. The van der Waals surface area contributed by atoms with Crippen LogP contribution in [-0.4, -0.2) is 19.4 Å². The molecule has 0 amide bonds. The van der Waals surface area contributed by atoms with Crippen molar-refractivity contribution >= 4 is 33.4 Å². The number of hydrogen-bond acceptors (Lipinski definition) is 0. The molecule has 237 valence electrons. The molecule has 0 nitrogen and oxygen atoms in total. The Hall–Kier alpha value is -1.87. The molecule has 0 heterocycles. The van der Waals surface area contributed by atoms with Gasteiger partial charge >= 0.3 is 281 Å². The molecule has 0 saturated carbocycles. The van der Waals surface area contributed by atoms with E-state index in [0.717, 1.165) is 19.3 Å². The molecule has 1 atom stereocenters. The van der Waals surface area contributed by atoms with E-state index in [9.17, 15) is 0 Å². The average molecular weight is 758 g/mol. The average Bonchev–Trinajstić information content (AvgIpc) is 3.65. The largest absolute Gasteiger partial charge is 1.00 e. The predicted molar refractivity (Wildman–Crippen MR) is 195 cm³/mol. The van der Waals surface area contributed by atoms with Gasteiger partial charge in [0.15, 0.2) is 0 Å². The van der Waals surface area contributed by atoms with Crippen LogP contribution in [0.2, 0.25) is 44.3 Å². The molecule has 46 heavy (non-hydrogen) atoms. The Kier molecular flexibility index (Phi) is 11.5. The summed E-state index contributed by atoms with van der Waals surface area (Å²) in [5, 5.41) is 4.91. The first kappa shape index (κ1) is 37.0. The quantitative estimate of drug-likeness (QED) is 0.311. The van der Waals surface area contributed by atoms with E-state index in [4.69, 9.17) is 0 Å². The van der Waals surface area contributed by atoms with Crippen molar-refractivity contribution in [3.8, 4) is 0 Å². The molecule has 3 aliphatic carbocycles. The Morgan fingerprint density at radius 3 is 1.91 bits per heavy atom. The minimum Gasteiger partial charge on any atom is -1.00 e. The molecule has 0 spiro atoms. The van der Waals surface area contributed by atoms with Gasteiger partial charge in [-0.3, -0.25) is 0 Å². The fraction of sp³-hybridized carbons (Fsp3) is 0.293. The number of halogens is 2. The van der Waals surface area contributed by atoms with Gasteiger partial charge in [-0.1, -0.05) is 0 Å². The molecule has 0 aliphatic heterocycles. The van der Waals surface area contributed by atoms with Crippen LogP contribution in [0.1, 0.15) is 43.4 Å². The van der Waals surface area contributed by atoms with Gasteiger partial charge in [0.05, 0.1) is 0 Å². The summed E-state index contributed by atoms with van der Waals surface area (Å²) in [6.07, 6.45) is 15.7. The standard InChI is InChI=1S/C28H37Si2.C13H10.2ClH.Zr/c1-9-20-17-22-19-24-23(26(22)25(18-20)29(3,4)5)15-16-28(10-2,30(6,7)8)27(24)21-13-11-12-14-21;1-3-7-12(8-4-1)11-13-9-5-2-6-10-13;;;/h11-13,15-18H,9-10,14H2,1-8H3;1-10H;2*1H;/q;;;;+2/p-2. The minimum absolute atomic E-state index is 0. The summed E-state index contributed by atoms with van der Waals surface area (Å²) >= 11 is -1.32. The van der Waals surface area contributed by atoms with Crippen molar-refractivity contribution in [1.82, 2.24) is 0 Å². The zero-order valence-corrected chi connectivity index (χ0v) is 34.7. The second-order valence-corrected chi connectivity index (χ2v) is 28.2. The molecule has 0 aromatic heterocycles. The fourth-order valence-electron chi connectivity index (χ4n) is 7.64. The van der Waals surface area contributed by atoms with Crippen molar-refractivity contribution in [2.24, 2.45) is 0 Å². The van der Waals surface area contributed by atoms with Crippen molar-refractivity contribution in [2.75, 3.05) is 0 Å². The molecule has 0 radical (unpaired) electrons.